The topological polar surface area (TPSA) is 40.7 Å². The molecule has 2 rings (SSSR count). The average molecular weight is 203 g/mol. The van der Waals surface area contributed by atoms with Gasteiger partial charge in [0.15, 0.2) is 5.82 Å². The van der Waals surface area contributed by atoms with Gasteiger partial charge in [0.1, 0.15) is 0 Å². The van der Waals surface area contributed by atoms with E-state index in [-0.39, 0.29) is 0 Å². The molecule has 1 heterocycles. The fraction of sp³-hybridized carbons (Fsp3) is 0.417. The molecule has 15 heavy (non-hydrogen) atoms. The third kappa shape index (κ3) is 1.58. The first-order valence-electron chi connectivity index (χ1n) is 5.48. The van der Waals surface area contributed by atoms with Crippen molar-refractivity contribution >= 4 is 16.7 Å². The van der Waals surface area contributed by atoms with Crippen molar-refractivity contribution in [1.29, 1.82) is 0 Å². The molecule has 0 saturated carbocycles. The summed E-state index contributed by atoms with van der Waals surface area (Å²) in [5.74, 6) is 0.980. The Morgan fingerprint density at radius 3 is 2.80 bits per heavy atom. The normalized spacial score (nSPS) is 10.9. The standard InChI is InChI=1S/C12H17N3/c1-4-9-8(3)6-7-10-11(9)12(13-5-2)15-14-10/h6-7H,4-5H2,1-3H3,(H2,13,14,15). The molecule has 0 unspecified atom stereocenters. The van der Waals surface area contributed by atoms with Gasteiger partial charge in [-0.25, -0.2) is 0 Å². The Bertz CT molecular complexity index is 471. The van der Waals surface area contributed by atoms with E-state index in [1.165, 1.54) is 16.5 Å². The predicted octanol–water partition coefficient (Wildman–Crippen LogP) is 2.87. The summed E-state index contributed by atoms with van der Waals surface area (Å²) in [7, 11) is 0. The van der Waals surface area contributed by atoms with Gasteiger partial charge in [0.25, 0.3) is 0 Å². The van der Waals surface area contributed by atoms with E-state index in [1.807, 2.05) is 0 Å². The molecule has 1 aromatic heterocycles. The number of rotatable bonds is 3. The van der Waals surface area contributed by atoms with Gasteiger partial charge in [-0.15, -0.1) is 0 Å². The number of aromatic amines is 1. The van der Waals surface area contributed by atoms with Gasteiger partial charge >= 0.3 is 0 Å². The van der Waals surface area contributed by atoms with Crippen LogP contribution in [0.5, 0.6) is 0 Å². The van der Waals surface area contributed by atoms with Gasteiger partial charge in [-0.1, -0.05) is 13.0 Å². The summed E-state index contributed by atoms with van der Waals surface area (Å²) < 4.78 is 0. The number of hydrogen-bond donors (Lipinski definition) is 2. The van der Waals surface area contributed by atoms with Crippen LogP contribution < -0.4 is 5.32 Å². The Balaban J connectivity index is 2.69. The summed E-state index contributed by atoms with van der Waals surface area (Å²) in [4.78, 5) is 0. The third-order valence-electron chi connectivity index (χ3n) is 2.77. The molecule has 0 amide bonds. The van der Waals surface area contributed by atoms with Crippen molar-refractivity contribution in [3.05, 3.63) is 23.3 Å². The van der Waals surface area contributed by atoms with Gasteiger partial charge in [-0.05, 0) is 37.5 Å². The van der Waals surface area contributed by atoms with E-state index in [1.54, 1.807) is 0 Å². The summed E-state index contributed by atoms with van der Waals surface area (Å²) in [6.07, 6.45) is 1.04. The lowest BCUT2D eigenvalue weighted by molar-refractivity contribution is 1.08. The highest BCUT2D eigenvalue weighted by Crippen LogP contribution is 2.27. The molecule has 0 bridgehead atoms. The number of H-pyrrole nitrogens is 1. The second-order valence-electron chi connectivity index (χ2n) is 3.74. The molecule has 0 fully saturated rings. The second-order valence-corrected chi connectivity index (χ2v) is 3.74. The number of benzene rings is 1. The fourth-order valence-corrected chi connectivity index (χ4v) is 2.04. The zero-order valence-electron chi connectivity index (χ0n) is 9.52. The molecule has 0 atom stereocenters. The van der Waals surface area contributed by atoms with Crippen molar-refractivity contribution in [2.24, 2.45) is 0 Å². The van der Waals surface area contributed by atoms with E-state index in [4.69, 9.17) is 0 Å². The average Bonchev–Trinajstić information content (AvgIpc) is 2.63. The lowest BCUT2D eigenvalue weighted by Crippen LogP contribution is -1.98. The van der Waals surface area contributed by atoms with Crippen LogP contribution in [0.25, 0.3) is 10.9 Å². The van der Waals surface area contributed by atoms with E-state index in [2.05, 4.69) is 48.4 Å². The van der Waals surface area contributed by atoms with Crippen molar-refractivity contribution in [3.8, 4) is 0 Å². The number of nitrogens with zero attached hydrogens (tertiary/aromatic N) is 1. The van der Waals surface area contributed by atoms with Crippen LogP contribution in [0, 0.1) is 6.92 Å². The van der Waals surface area contributed by atoms with Crippen molar-refractivity contribution < 1.29 is 0 Å². The molecule has 3 nitrogen and oxygen atoms in total. The largest absolute Gasteiger partial charge is 0.368 e. The van der Waals surface area contributed by atoms with Crippen LogP contribution in [-0.2, 0) is 6.42 Å². The Morgan fingerprint density at radius 2 is 2.13 bits per heavy atom. The van der Waals surface area contributed by atoms with Gasteiger partial charge in [0, 0.05) is 11.9 Å². The van der Waals surface area contributed by atoms with E-state index in [9.17, 15) is 0 Å². The molecular weight excluding hydrogens is 186 g/mol. The Kier molecular flexibility index (Phi) is 2.62. The molecule has 0 radical (unpaired) electrons. The van der Waals surface area contributed by atoms with Crippen molar-refractivity contribution in [2.75, 3.05) is 11.9 Å². The molecule has 2 aromatic rings. The molecule has 0 aliphatic rings. The summed E-state index contributed by atoms with van der Waals surface area (Å²) >= 11 is 0. The minimum Gasteiger partial charge on any atom is -0.368 e. The molecule has 0 aliphatic heterocycles. The van der Waals surface area contributed by atoms with Crippen LogP contribution in [0.3, 0.4) is 0 Å². The van der Waals surface area contributed by atoms with Crippen molar-refractivity contribution in [2.45, 2.75) is 27.2 Å². The molecule has 80 valence electrons. The number of aryl methyl sites for hydroxylation is 2. The maximum absolute atomic E-state index is 4.30. The second kappa shape index (κ2) is 3.93. The maximum Gasteiger partial charge on any atom is 0.156 e. The molecule has 2 N–H and O–H groups in total. The first kappa shape index (κ1) is 10.0. The van der Waals surface area contributed by atoms with E-state index in [0.29, 0.717) is 0 Å². The minimum absolute atomic E-state index is 0.900. The fourth-order valence-electron chi connectivity index (χ4n) is 2.04. The summed E-state index contributed by atoms with van der Waals surface area (Å²) in [5, 5.41) is 11.9. The van der Waals surface area contributed by atoms with Gasteiger partial charge < -0.3 is 5.32 Å². The number of anilines is 1. The summed E-state index contributed by atoms with van der Waals surface area (Å²) in [5.41, 5.74) is 3.84. The number of hydrogen-bond acceptors (Lipinski definition) is 2. The zero-order valence-corrected chi connectivity index (χ0v) is 9.52. The van der Waals surface area contributed by atoms with Crippen LogP contribution in [-0.4, -0.2) is 16.7 Å². The summed E-state index contributed by atoms with van der Waals surface area (Å²) in [6.45, 7) is 7.32. The van der Waals surface area contributed by atoms with Crippen LogP contribution >= 0.6 is 0 Å². The number of fused-ring (bicyclic) bond motifs is 1. The van der Waals surface area contributed by atoms with Crippen LogP contribution in [0.2, 0.25) is 0 Å². The molecule has 0 spiro atoms. The maximum atomic E-state index is 4.30. The number of aromatic nitrogens is 2. The van der Waals surface area contributed by atoms with Gasteiger partial charge in [-0.2, -0.15) is 5.10 Å². The molecular formula is C12H17N3. The lowest BCUT2D eigenvalue weighted by atomic mass is 10.0. The predicted molar refractivity (Wildman–Crippen MR) is 64.4 cm³/mol. The SMILES string of the molecule is CCNc1n[nH]c2ccc(C)c(CC)c12. The molecule has 0 aliphatic carbocycles. The van der Waals surface area contributed by atoms with Crippen molar-refractivity contribution in [3.63, 3.8) is 0 Å². The monoisotopic (exact) mass is 203 g/mol. The van der Waals surface area contributed by atoms with Crippen LogP contribution in [0.15, 0.2) is 12.1 Å². The highest BCUT2D eigenvalue weighted by molar-refractivity contribution is 5.93. The highest BCUT2D eigenvalue weighted by Gasteiger charge is 2.10. The van der Waals surface area contributed by atoms with Crippen molar-refractivity contribution in [1.82, 2.24) is 10.2 Å². The zero-order chi connectivity index (χ0) is 10.8. The van der Waals surface area contributed by atoms with Gasteiger partial charge in [0.05, 0.1) is 5.52 Å². The van der Waals surface area contributed by atoms with E-state index < -0.39 is 0 Å². The summed E-state index contributed by atoms with van der Waals surface area (Å²) in [6, 6.07) is 4.24. The molecule has 0 saturated heterocycles. The Morgan fingerprint density at radius 1 is 1.33 bits per heavy atom. The highest BCUT2D eigenvalue weighted by atomic mass is 15.2. The first-order valence-corrected chi connectivity index (χ1v) is 5.48. The smallest absolute Gasteiger partial charge is 0.156 e. The van der Waals surface area contributed by atoms with Crippen LogP contribution in [0.1, 0.15) is 25.0 Å². The molecule has 1 aromatic carbocycles. The Hall–Kier alpha value is -1.51. The first-order chi connectivity index (χ1) is 7.27. The molecule has 3 heteroatoms. The van der Waals surface area contributed by atoms with Crippen LogP contribution in [0.4, 0.5) is 5.82 Å². The number of nitrogens with one attached hydrogen (secondary N) is 2. The lowest BCUT2D eigenvalue weighted by Gasteiger charge is -2.06. The Labute approximate surface area is 89.9 Å². The minimum atomic E-state index is 0.900. The van der Waals surface area contributed by atoms with Gasteiger partial charge in [-0.3, -0.25) is 5.10 Å². The van der Waals surface area contributed by atoms with E-state index in [0.717, 1.165) is 24.3 Å². The van der Waals surface area contributed by atoms with Gasteiger partial charge in [0.2, 0.25) is 0 Å². The third-order valence-corrected chi connectivity index (χ3v) is 2.77. The van der Waals surface area contributed by atoms with E-state index >= 15 is 0 Å². The quantitative estimate of drug-likeness (QED) is 0.805.